The van der Waals surface area contributed by atoms with Crippen molar-refractivity contribution in [2.24, 2.45) is 0 Å². The van der Waals surface area contributed by atoms with Crippen molar-refractivity contribution in [3.8, 4) is 0 Å². The number of thiol groups is 1. The highest BCUT2D eigenvalue weighted by Gasteiger charge is 2.15. The Morgan fingerprint density at radius 2 is 0.900 bits per heavy atom. The normalized spacial score (nSPS) is 12.0. The van der Waals surface area contributed by atoms with E-state index in [0.717, 1.165) is 5.75 Å². The van der Waals surface area contributed by atoms with Crippen molar-refractivity contribution in [2.45, 2.75) is 103 Å². The second-order valence-electron chi connectivity index (χ2n) is 6.79. The molecule has 0 aliphatic carbocycles. The summed E-state index contributed by atoms with van der Waals surface area (Å²) < 4.78 is 0. The van der Waals surface area contributed by atoms with Crippen LogP contribution in [-0.4, -0.2) is 13.1 Å². The molecule has 0 fully saturated rings. The smallest absolute Gasteiger partial charge is 0.150 e. The number of hydrogen-bond acceptors (Lipinski definition) is 1. The third-order valence-electron chi connectivity index (χ3n) is 3.93. The van der Waals surface area contributed by atoms with Gasteiger partial charge in [-0.25, -0.2) is 0 Å². The lowest BCUT2D eigenvalue weighted by atomic mass is 10.0. The molecule has 0 heterocycles. The summed E-state index contributed by atoms with van der Waals surface area (Å²) in [6.45, 7) is 4.51. The van der Waals surface area contributed by atoms with Gasteiger partial charge >= 0.3 is 0 Å². The minimum absolute atomic E-state index is 1.06. The van der Waals surface area contributed by atoms with Crippen molar-refractivity contribution >= 4 is 31.1 Å². The molecule has 0 aliphatic heterocycles. The van der Waals surface area contributed by atoms with E-state index in [4.69, 9.17) is 11.1 Å². The number of hydrogen-bond donors (Lipinski definition) is 1. The van der Waals surface area contributed by atoms with E-state index in [1.54, 1.807) is 0 Å². The van der Waals surface area contributed by atoms with E-state index in [2.05, 4.69) is 25.7 Å². The number of rotatable bonds is 15. The summed E-state index contributed by atoms with van der Waals surface area (Å²) in [4.78, 5) is 0. The molecule has 0 unspecified atom stereocenters. The summed E-state index contributed by atoms with van der Waals surface area (Å²) >= 11 is 10.6. The van der Waals surface area contributed by atoms with E-state index in [-0.39, 0.29) is 0 Å². The Kier molecular flexibility index (Phi) is 15.4. The molecule has 0 aromatic heterocycles. The Hall–Kier alpha value is 0.857. The Morgan fingerprint density at radius 3 is 1.20 bits per heavy atom. The molecule has 0 bridgehead atoms. The van der Waals surface area contributed by atoms with Gasteiger partial charge in [-0.3, -0.25) is 0 Å². The Labute approximate surface area is 139 Å². The van der Waals surface area contributed by atoms with Crippen LogP contribution >= 0.6 is 23.7 Å². The minimum Gasteiger partial charge on any atom is -0.179 e. The van der Waals surface area contributed by atoms with Crippen LogP contribution in [0, 0.1) is 0 Å². The highest BCUT2D eigenvalue weighted by atomic mass is 35.6. The second-order valence-corrected chi connectivity index (χ2v) is 14.2. The largest absolute Gasteiger partial charge is 0.179 e. The fourth-order valence-corrected chi connectivity index (χ4v) is 4.32. The Balaban J connectivity index is 2.99. The molecule has 0 aliphatic rings. The zero-order chi connectivity index (χ0) is 15.1. The molecule has 0 spiro atoms. The fourth-order valence-electron chi connectivity index (χ4n) is 2.60. The fraction of sp³-hybridized carbons (Fsp3) is 1.00. The quantitative estimate of drug-likeness (QED) is 0.137. The maximum atomic E-state index is 6.32. The third kappa shape index (κ3) is 18.9. The zero-order valence-corrected chi connectivity index (χ0v) is 16.6. The summed E-state index contributed by atoms with van der Waals surface area (Å²) in [6, 6.07) is 1.29. The van der Waals surface area contributed by atoms with Crippen LogP contribution in [0.25, 0.3) is 0 Å². The van der Waals surface area contributed by atoms with Gasteiger partial charge in [0.2, 0.25) is 0 Å². The van der Waals surface area contributed by atoms with E-state index >= 15 is 0 Å². The van der Waals surface area contributed by atoms with Crippen LogP contribution in [-0.2, 0) is 0 Å². The lowest BCUT2D eigenvalue weighted by molar-refractivity contribution is 0.543. The molecule has 0 radical (unpaired) electrons. The molecule has 0 saturated carbocycles. The van der Waals surface area contributed by atoms with E-state index < -0.39 is 7.38 Å². The Morgan fingerprint density at radius 1 is 0.600 bits per heavy atom. The van der Waals surface area contributed by atoms with Gasteiger partial charge in [-0.05, 0) is 18.2 Å². The number of unbranched alkanes of at least 4 members (excludes halogenated alkanes) is 12. The van der Waals surface area contributed by atoms with E-state index in [1.165, 1.54) is 89.5 Å². The van der Waals surface area contributed by atoms with E-state index in [0.29, 0.717) is 0 Å². The van der Waals surface area contributed by atoms with Crippen LogP contribution in [0.2, 0.25) is 19.1 Å². The van der Waals surface area contributed by atoms with E-state index in [1.807, 2.05) is 0 Å². The van der Waals surface area contributed by atoms with Gasteiger partial charge in [-0.1, -0.05) is 90.1 Å². The highest BCUT2D eigenvalue weighted by molar-refractivity contribution is 7.80. The van der Waals surface area contributed by atoms with Gasteiger partial charge < -0.3 is 0 Å². The third-order valence-corrected chi connectivity index (χ3v) is 6.36. The SMILES string of the molecule is C[Si](C)(Cl)CCCCCCCCCCCCCCCS. The second kappa shape index (κ2) is 14.8. The number of halogens is 1. The van der Waals surface area contributed by atoms with E-state index in [9.17, 15) is 0 Å². The van der Waals surface area contributed by atoms with Crippen molar-refractivity contribution in [1.82, 2.24) is 0 Å². The predicted octanol–water partition coefficient (Wildman–Crippen LogP) is 7.43. The van der Waals surface area contributed by atoms with Crippen LogP contribution in [0.1, 0.15) is 83.5 Å². The van der Waals surface area contributed by atoms with Gasteiger partial charge in [0.15, 0.2) is 0 Å². The first-order chi connectivity index (χ1) is 9.56. The van der Waals surface area contributed by atoms with Crippen molar-refractivity contribution in [2.75, 3.05) is 5.75 Å². The van der Waals surface area contributed by atoms with Gasteiger partial charge in [0.25, 0.3) is 0 Å². The lowest BCUT2D eigenvalue weighted by Gasteiger charge is -2.11. The average Bonchev–Trinajstić information content (AvgIpc) is 2.38. The van der Waals surface area contributed by atoms with Crippen LogP contribution in [0.5, 0.6) is 0 Å². The molecular formula is C17H37ClSSi. The molecule has 0 N–H and O–H groups in total. The zero-order valence-electron chi connectivity index (χ0n) is 13.9. The molecule has 0 rings (SSSR count). The molecule has 0 atom stereocenters. The topological polar surface area (TPSA) is 0 Å². The van der Waals surface area contributed by atoms with Gasteiger partial charge in [0.1, 0.15) is 7.38 Å². The lowest BCUT2D eigenvalue weighted by Crippen LogP contribution is -2.14. The summed E-state index contributed by atoms with van der Waals surface area (Å²) in [5, 5.41) is 0. The van der Waals surface area contributed by atoms with Gasteiger partial charge in [0.05, 0.1) is 0 Å². The molecule has 0 aromatic carbocycles. The van der Waals surface area contributed by atoms with Crippen LogP contribution in [0.3, 0.4) is 0 Å². The van der Waals surface area contributed by atoms with Crippen molar-refractivity contribution in [1.29, 1.82) is 0 Å². The first-order valence-corrected chi connectivity index (χ1v) is 13.7. The van der Waals surface area contributed by atoms with Crippen molar-refractivity contribution in [3.63, 3.8) is 0 Å². The van der Waals surface area contributed by atoms with Crippen molar-refractivity contribution in [3.05, 3.63) is 0 Å². The maximum Gasteiger partial charge on any atom is 0.150 e. The molecule has 0 amide bonds. The van der Waals surface area contributed by atoms with Crippen molar-refractivity contribution < 1.29 is 0 Å². The van der Waals surface area contributed by atoms with Crippen LogP contribution in [0.15, 0.2) is 0 Å². The first-order valence-electron chi connectivity index (χ1n) is 8.86. The van der Waals surface area contributed by atoms with Gasteiger partial charge in [0, 0.05) is 0 Å². The van der Waals surface area contributed by atoms with Gasteiger partial charge in [-0.15, -0.1) is 0 Å². The van der Waals surface area contributed by atoms with Crippen LogP contribution < -0.4 is 0 Å². The summed E-state index contributed by atoms with van der Waals surface area (Å²) in [7, 11) is -1.29. The van der Waals surface area contributed by atoms with Crippen LogP contribution in [0.4, 0.5) is 0 Å². The van der Waals surface area contributed by atoms with Gasteiger partial charge in [-0.2, -0.15) is 23.7 Å². The summed E-state index contributed by atoms with van der Waals surface area (Å²) in [6.07, 6.45) is 18.4. The summed E-state index contributed by atoms with van der Waals surface area (Å²) in [5.41, 5.74) is 0. The monoisotopic (exact) mass is 336 g/mol. The summed E-state index contributed by atoms with van der Waals surface area (Å²) in [5.74, 6) is 1.06. The molecule has 122 valence electrons. The maximum absolute atomic E-state index is 6.32. The minimum atomic E-state index is -1.29. The standard InChI is InChI=1S/C17H37ClSSi/c1-20(2,18)17-15-13-11-9-7-5-3-4-6-8-10-12-14-16-19/h19H,3-17H2,1-2H3. The average molecular weight is 337 g/mol. The molecule has 0 aromatic rings. The molecular weight excluding hydrogens is 300 g/mol. The predicted molar refractivity (Wildman–Crippen MR) is 102 cm³/mol. The Bertz CT molecular complexity index is 192. The molecule has 20 heavy (non-hydrogen) atoms. The molecule has 0 saturated heterocycles. The first kappa shape index (κ1) is 20.9. The molecule has 0 nitrogen and oxygen atoms in total. The highest BCUT2D eigenvalue weighted by Crippen LogP contribution is 2.19. The molecule has 3 heteroatoms.